The Kier molecular flexibility index (Phi) is 4.43. The van der Waals surface area contributed by atoms with Crippen molar-refractivity contribution in [3.05, 3.63) is 35.9 Å². The van der Waals surface area contributed by atoms with Gasteiger partial charge >= 0.3 is 5.97 Å². The number of carbonyl (C=O) groups excluding carboxylic acids is 1. The number of aliphatic carboxylic acids is 1. The minimum Gasteiger partial charge on any atom is -0.481 e. The van der Waals surface area contributed by atoms with E-state index in [1.165, 1.54) is 12.8 Å². The smallest absolute Gasteiger partial charge is 0.305 e. The van der Waals surface area contributed by atoms with Gasteiger partial charge in [-0.05, 0) is 24.3 Å². The van der Waals surface area contributed by atoms with Crippen molar-refractivity contribution in [2.45, 2.75) is 31.8 Å². The number of hydrogen-bond donors (Lipinski definition) is 1. The molecular weight excluding hydrogens is 280 g/mol. The molecule has 1 N–H and O–H groups in total. The molecule has 1 aliphatic carbocycles. The number of carboxylic acids is 1. The molecule has 3 rings (SSSR count). The van der Waals surface area contributed by atoms with Gasteiger partial charge in [0.1, 0.15) is 6.04 Å². The SMILES string of the molecule is O=C(O)CC1C(=O)N(CC2CC2)CCN1Cc1ccccc1. The fourth-order valence-electron chi connectivity index (χ4n) is 3.06. The molecule has 5 nitrogen and oxygen atoms in total. The van der Waals surface area contributed by atoms with Gasteiger partial charge in [0, 0.05) is 26.2 Å². The lowest BCUT2D eigenvalue weighted by molar-refractivity contribution is -0.149. The number of benzene rings is 1. The molecule has 0 spiro atoms. The summed E-state index contributed by atoms with van der Waals surface area (Å²) in [6.45, 7) is 2.87. The van der Waals surface area contributed by atoms with Gasteiger partial charge in [0.15, 0.2) is 0 Å². The molecule has 2 aliphatic rings. The number of nitrogens with zero attached hydrogens (tertiary/aromatic N) is 2. The fourth-order valence-corrected chi connectivity index (χ4v) is 3.06. The highest BCUT2D eigenvalue weighted by Crippen LogP contribution is 2.31. The monoisotopic (exact) mass is 302 g/mol. The number of carbonyl (C=O) groups is 2. The Morgan fingerprint density at radius 1 is 1.18 bits per heavy atom. The molecule has 1 atom stereocenters. The third kappa shape index (κ3) is 3.65. The van der Waals surface area contributed by atoms with Crippen LogP contribution in [-0.2, 0) is 16.1 Å². The summed E-state index contributed by atoms with van der Waals surface area (Å²) in [6, 6.07) is 9.37. The summed E-state index contributed by atoms with van der Waals surface area (Å²) >= 11 is 0. The van der Waals surface area contributed by atoms with Gasteiger partial charge in [0.2, 0.25) is 5.91 Å². The Labute approximate surface area is 130 Å². The van der Waals surface area contributed by atoms with Gasteiger partial charge in [-0.2, -0.15) is 0 Å². The second-order valence-electron chi connectivity index (χ2n) is 6.30. The fraction of sp³-hybridized carbons (Fsp3) is 0.529. The van der Waals surface area contributed by atoms with Crippen LogP contribution in [0.3, 0.4) is 0 Å². The molecule has 118 valence electrons. The summed E-state index contributed by atoms with van der Waals surface area (Å²) in [7, 11) is 0. The van der Waals surface area contributed by atoms with Crippen molar-refractivity contribution in [2.75, 3.05) is 19.6 Å². The van der Waals surface area contributed by atoms with E-state index < -0.39 is 12.0 Å². The molecule has 5 heteroatoms. The zero-order valence-electron chi connectivity index (χ0n) is 12.6. The molecule has 0 aromatic heterocycles. The Morgan fingerprint density at radius 2 is 1.91 bits per heavy atom. The number of amides is 1. The van der Waals surface area contributed by atoms with Crippen molar-refractivity contribution in [3.8, 4) is 0 Å². The van der Waals surface area contributed by atoms with Crippen molar-refractivity contribution in [3.63, 3.8) is 0 Å². The first-order valence-corrected chi connectivity index (χ1v) is 7.92. The summed E-state index contributed by atoms with van der Waals surface area (Å²) in [6.07, 6.45) is 2.27. The molecule has 2 fully saturated rings. The molecule has 0 radical (unpaired) electrons. The third-order valence-electron chi connectivity index (χ3n) is 4.47. The molecule has 1 amide bonds. The first kappa shape index (κ1) is 15.0. The van der Waals surface area contributed by atoms with Gasteiger partial charge in [-0.15, -0.1) is 0 Å². The summed E-state index contributed by atoms with van der Waals surface area (Å²) in [5, 5.41) is 9.15. The van der Waals surface area contributed by atoms with E-state index >= 15 is 0 Å². The van der Waals surface area contributed by atoms with Crippen LogP contribution in [0.15, 0.2) is 30.3 Å². The van der Waals surface area contributed by atoms with E-state index in [0.29, 0.717) is 19.0 Å². The third-order valence-corrected chi connectivity index (χ3v) is 4.47. The molecule has 1 heterocycles. The Morgan fingerprint density at radius 3 is 2.55 bits per heavy atom. The van der Waals surface area contributed by atoms with Crippen LogP contribution in [0.25, 0.3) is 0 Å². The number of piperazine rings is 1. The maximum atomic E-state index is 12.6. The van der Waals surface area contributed by atoms with Gasteiger partial charge in [0.05, 0.1) is 6.42 Å². The molecule has 1 aliphatic heterocycles. The average molecular weight is 302 g/mol. The van der Waals surface area contributed by atoms with Gasteiger partial charge in [0.25, 0.3) is 0 Å². The zero-order chi connectivity index (χ0) is 15.5. The largest absolute Gasteiger partial charge is 0.481 e. The molecule has 1 saturated heterocycles. The van der Waals surface area contributed by atoms with Crippen LogP contribution in [0.1, 0.15) is 24.8 Å². The minimum absolute atomic E-state index is 0.0171. The topological polar surface area (TPSA) is 60.9 Å². The first-order valence-electron chi connectivity index (χ1n) is 7.92. The van der Waals surface area contributed by atoms with Gasteiger partial charge in [-0.25, -0.2) is 0 Å². The molecule has 22 heavy (non-hydrogen) atoms. The normalized spacial score (nSPS) is 22.8. The van der Waals surface area contributed by atoms with Crippen molar-refractivity contribution in [1.82, 2.24) is 9.80 Å². The van der Waals surface area contributed by atoms with Crippen LogP contribution in [0.2, 0.25) is 0 Å². The lowest BCUT2D eigenvalue weighted by atomic mass is 10.1. The van der Waals surface area contributed by atoms with Crippen LogP contribution < -0.4 is 0 Å². The summed E-state index contributed by atoms with van der Waals surface area (Å²) in [4.78, 5) is 27.7. The summed E-state index contributed by atoms with van der Waals surface area (Å²) < 4.78 is 0. The van der Waals surface area contributed by atoms with Crippen LogP contribution in [0.4, 0.5) is 0 Å². The van der Waals surface area contributed by atoms with E-state index in [1.807, 2.05) is 40.1 Å². The molecule has 1 unspecified atom stereocenters. The molecule has 0 bridgehead atoms. The quantitative estimate of drug-likeness (QED) is 0.867. The predicted molar refractivity (Wildman–Crippen MR) is 82.2 cm³/mol. The minimum atomic E-state index is -0.912. The van der Waals surface area contributed by atoms with E-state index in [-0.39, 0.29) is 12.3 Å². The van der Waals surface area contributed by atoms with Crippen LogP contribution in [0, 0.1) is 5.92 Å². The summed E-state index contributed by atoms with van der Waals surface area (Å²) in [5.74, 6) is -0.295. The highest BCUT2D eigenvalue weighted by molar-refractivity contribution is 5.86. The first-order chi connectivity index (χ1) is 10.6. The van der Waals surface area contributed by atoms with E-state index in [2.05, 4.69) is 0 Å². The van der Waals surface area contributed by atoms with Crippen molar-refractivity contribution >= 4 is 11.9 Å². The number of carboxylic acid groups (broad SMARTS) is 1. The standard InChI is InChI=1S/C17H22N2O3/c20-16(21)10-15-17(22)19(12-14-6-7-14)9-8-18(15)11-13-4-2-1-3-5-13/h1-5,14-15H,6-12H2,(H,20,21). The highest BCUT2D eigenvalue weighted by atomic mass is 16.4. The predicted octanol–water partition coefficient (Wildman–Crippen LogP) is 1.58. The van der Waals surface area contributed by atoms with E-state index in [4.69, 9.17) is 5.11 Å². The van der Waals surface area contributed by atoms with Gasteiger partial charge < -0.3 is 10.0 Å². The van der Waals surface area contributed by atoms with Crippen LogP contribution >= 0.6 is 0 Å². The molecule has 1 aromatic rings. The number of rotatable bonds is 6. The summed E-state index contributed by atoms with van der Waals surface area (Å²) in [5.41, 5.74) is 1.11. The lowest BCUT2D eigenvalue weighted by Gasteiger charge is -2.40. The lowest BCUT2D eigenvalue weighted by Crippen LogP contribution is -2.57. The van der Waals surface area contributed by atoms with Gasteiger partial charge in [-0.3, -0.25) is 14.5 Å². The molecular formula is C17H22N2O3. The second-order valence-corrected chi connectivity index (χ2v) is 6.30. The van der Waals surface area contributed by atoms with E-state index in [1.54, 1.807) is 0 Å². The second kappa shape index (κ2) is 6.48. The van der Waals surface area contributed by atoms with Gasteiger partial charge in [-0.1, -0.05) is 30.3 Å². The molecule has 1 saturated carbocycles. The van der Waals surface area contributed by atoms with Crippen LogP contribution in [0.5, 0.6) is 0 Å². The maximum absolute atomic E-state index is 12.6. The molecule has 1 aromatic carbocycles. The van der Waals surface area contributed by atoms with Crippen LogP contribution in [-0.4, -0.2) is 52.5 Å². The zero-order valence-corrected chi connectivity index (χ0v) is 12.6. The highest BCUT2D eigenvalue weighted by Gasteiger charge is 2.38. The Hall–Kier alpha value is -1.88. The number of hydrogen-bond acceptors (Lipinski definition) is 3. The average Bonchev–Trinajstić information content (AvgIpc) is 3.31. The van der Waals surface area contributed by atoms with E-state index in [0.717, 1.165) is 18.7 Å². The maximum Gasteiger partial charge on any atom is 0.305 e. The van der Waals surface area contributed by atoms with Crippen molar-refractivity contribution < 1.29 is 14.7 Å². The van der Waals surface area contributed by atoms with Crippen molar-refractivity contribution in [1.29, 1.82) is 0 Å². The van der Waals surface area contributed by atoms with E-state index in [9.17, 15) is 9.59 Å². The van der Waals surface area contributed by atoms with Crippen molar-refractivity contribution in [2.24, 2.45) is 5.92 Å². The Balaban J connectivity index is 1.70. The Bertz CT molecular complexity index is 542.